The standard InChI is InChI=1S/C24H21F3N4O3/c1-33-19-8-7-13(11-20(19)34-2)14-9-17-21(18(32)10-14)22(31-23(30-17)28-12-29-31)15-5-3-4-6-16(15)24(25,26)27/h3-8,11-12,14,22H,9-10H2,1-2H3,(H,28,29,30). The van der Waals surface area contributed by atoms with Crippen molar-refractivity contribution in [3.8, 4) is 11.5 Å². The van der Waals surface area contributed by atoms with Gasteiger partial charge in [-0.25, -0.2) is 4.68 Å². The molecule has 1 aliphatic carbocycles. The number of hydrogen-bond acceptors (Lipinski definition) is 6. The number of rotatable bonds is 4. The van der Waals surface area contributed by atoms with Gasteiger partial charge in [0.1, 0.15) is 12.4 Å². The van der Waals surface area contributed by atoms with E-state index in [2.05, 4.69) is 15.4 Å². The van der Waals surface area contributed by atoms with Crippen LogP contribution in [0.1, 0.15) is 41.5 Å². The van der Waals surface area contributed by atoms with Crippen LogP contribution in [0.5, 0.6) is 11.5 Å². The summed E-state index contributed by atoms with van der Waals surface area (Å²) in [6.07, 6.45) is -2.75. The van der Waals surface area contributed by atoms with Gasteiger partial charge < -0.3 is 14.8 Å². The SMILES string of the molecule is COc1ccc(C2CC(=O)C3=C(C2)Nc2ncnn2C3c2ccccc2C(F)(F)F)cc1OC. The lowest BCUT2D eigenvalue weighted by molar-refractivity contribution is -0.138. The maximum Gasteiger partial charge on any atom is 0.416 e. The van der Waals surface area contributed by atoms with E-state index in [1.165, 1.54) is 36.3 Å². The molecule has 0 amide bonds. The number of Topliss-reactive ketones (excluding diaryl/α,β-unsaturated/α-hetero) is 1. The van der Waals surface area contributed by atoms with Gasteiger partial charge in [0.25, 0.3) is 0 Å². The number of benzene rings is 2. The van der Waals surface area contributed by atoms with Crippen molar-refractivity contribution in [3.05, 3.63) is 76.8 Å². The Morgan fingerprint density at radius 1 is 1.06 bits per heavy atom. The predicted octanol–water partition coefficient (Wildman–Crippen LogP) is 4.73. The molecule has 3 aromatic rings. The fourth-order valence-electron chi connectivity index (χ4n) is 4.78. The zero-order chi connectivity index (χ0) is 24.0. The fourth-order valence-corrected chi connectivity index (χ4v) is 4.78. The number of halogens is 3. The van der Waals surface area contributed by atoms with Crippen molar-refractivity contribution < 1.29 is 27.4 Å². The van der Waals surface area contributed by atoms with Gasteiger partial charge >= 0.3 is 6.18 Å². The van der Waals surface area contributed by atoms with Crippen LogP contribution in [0.15, 0.2) is 60.1 Å². The lowest BCUT2D eigenvalue weighted by Gasteiger charge is -2.36. The lowest BCUT2D eigenvalue weighted by Crippen LogP contribution is -2.34. The van der Waals surface area contributed by atoms with E-state index in [9.17, 15) is 18.0 Å². The zero-order valence-corrected chi connectivity index (χ0v) is 18.4. The van der Waals surface area contributed by atoms with E-state index < -0.39 is 17.8 Å². The number of carbonyl (C=O) groups is 1. The van der Waals surface area contributed by atoms with Crippen molar-refractivity contribution in [2.75, 3.05) is 19.5 Å². The minimum Gasteiger partial charge on any atom is -0.493 e. The summed E-state index contributed by atoms with van der Waals surface area (Å²) in [5, 5.41) is 7.27. The predicted molar refractivity (Wildman–Crippen MR) is 117 cm³/mol. The van der Waals surface area contributed by atoms with Crippen LogP contribution >= 0.6 is 0 Å². The third kappa shape index (κ3) is 3.59. The maximum absolute atomic E-state index is 13.9. The van der Waals surface area contributed by atoms with Crippen LogP contribution in [0.2, 0.25) is 0 Å². The Morgan fingerprint density at radius 3 is 2.56 bits per heavy atom. The number of aromatic nitrogens is 3. The third-order valence-corrected chi connectivity index (χ3v) is 6.30. The van der Waals surface area contributed by atoms with Crippen molar-refractivity contribution in [1.29, 1.82) is 0 Å². The summed E-state index contributed by atoms with van der Waals surface area (Å²) in [6.45, 7) is 0. The average Bonchev–Trinajstić information content (AvgIpc) is 3.29. The molecule has 0 bridgehead atoms. The minimum absolute atomic E-state index is 0.0336. The molecule has 10 heteroatoms. The number of carbonyl (C=O) groups excluding carboxylic acids is 1. The van der Waals surface area contributed by atoms with E-state index in [-0.39, 0.29) is 29.3 Å². The molecule has 0 radical (unpaired) electrons. The summed E-state index contributed by atoms with van der Waals surface area (Å²) in [6, 6.07) is 9.72. The molecule has 2 atom stereocenters. The first kappa shape index (κ1) is 22.0. The quantitative estimate of drug-likeness (QED) is 0.594. The summed E-state index contributed by atoms with van der Waals surface area (Å²) in [4.78, 5) is 17.6. The van der Waals surface area contributed by atoms with Gasteiger partial charge in [0.05, 0.1) is 19.8 Å². The van der Waals surface area contributed by atoms with E-state index in [0.717, 1.165) is 11.6 Å². The molecule has 176 valence electrons. The zero-order valence-electron chi connectivity index (χ0n) is 18.4. The van der Waals surface area contributed by atoms with Crippen LogP contribution in [0.25, 0.3) is 0 Å². The number of ether oxygens (including phenoxy) is 2. The molecule has 0 fully saturated rings. The topological polar surface area (TPSA) is 78.3 Å². The summed E-state index contributed by atoms with van der Waals surface area (Å²) < 4.78 is 53.6. The molecule has 0 saturated heterocycles. The Kier molecular flexibility index (Phi) is 5.30. The Balaban J connectivity index is 1.60. The van der Waals surface area contributed by atoms with E-state index in [1.54, 1.807) is 13.2 Å². The molecule has 34 heavy (non-hydrogen) atoms. The Morgan fingerprint density at radius 2 is 1.82 bits per heavy atom. The average molecular weight is 470 g/mol. The van der Waals surface area contributed by atoms with Crippen LogP contribution in [-0.2, 0) is 11.0 Å². The normalized spacial score (nSPS) is 19.9. The van der Waals surface area contributed by atoms with E-state index in [4.69, 9.17) is 9.47 Å². The van der Waals surface area contributed by atoms with Crippen LogP contribution in [-0.4, -0.2) is 34.8 Å². The highest BCUT2D eigenvalue weighted by molar-refractivity contribution is 6.00. The number of fused-ring (bicyclic) bond motifs is 1. The van der Waals surface area contributed by atoms with Crippen molar-refractivity contribution in [2.45, 2.75) is 31.0 Å². The van der Waals surface area contributed by atoms with Crippen LogP contribution < -0.4 is 14.8 Å². The van der Waals surface area contributed by atoms with Crippen LogP contribution in [0, 0.1) is 0 Å². The van der Waals surface area contributed by atoms with Gasteiger partial charge in [-0.05, 0) is 41.7 Å². The fraction of sp³-hybridized carbons (Fsp3) is 0.292. The monoisotopic (exact) mass is 470 g/mol. The number of methoxy groups -OCH3 is 2. The van der Waals surface area contributed by atoms with E-state index in [1.807, 2.05) is 12.1 Å². The van der Waals surface area contributed by atoms with Gasteiger partial charge in [-0.3, -0.25) is 4.79 Å². The van der Waals surface area contributed by atoms with Gasteiger partial charge in [0.2, 0.25) is 5.95 Å². The maximum atomic E-state index is 13.9. The number of alkyl halides is 3. The molecule has 5 rings (SSSR count). The number of nitrogens with one attached hydrogen (secondary N) is 1. The second-order valence-electron chi connectivity index (χ2n) is 8.18. The second kappa shape index (κ2) is 8.19. The molecule has 1 aromatic heterocycles. The van der Waals surface area contributed by atoms with Crippen molar-refractivity contribution in [2.24, 2.45) is 0 Å². The first-order chi connectivity index (χ1) is 16.3. The number of ketones is 1. The number of hydrogen-bond donors (Lipinski definition) is 1. The second-order valence-corrected chi connectivity index (χ2v) is 8.18. The van der Waals surface area contributed by atoms with Crippen LogP contribution in [0.4, 0.5) is 19.1 Å². The summed E-state index contributed by atoms with van der Waals surface area (Å²) in [5.41, 5.74) is 0.877. The Labute approximate surface area is 193 Å². The summed E-state index contributed by atoms with van der Waals surface area (Å²) in [7, 11) is 3.08. The molecule has 2 heterocycles. The molecular weight excluding hydrogens is 449 g/mol. The Bertz CT molecular complexity index is 1300. The highest BCUT2D eigenvalue weighted by atomic mass is 19.4. The number of anilines is 1. The highest BCUT2D eigenvalue weighted by Crippen LogP contribution is 2.47. The van der Waals surface area contributed by atoms with Crippen LogP contribution in [0.3, 0.4) is 0 Å². The Hall–Kier alpha value is -3.82. The number of nitrogens with zero attached hydrogens (tertiary/aromatic N) is 3. The minimum atomic E-state index is -4.58. The molecule has 2 aliphatic rings. The van der Waals surface area contributed by atoms with Crippen molar-refractivity contribution in [3.63, 3.8) is 0 Å². The van der Waals surface area contributed by atoms with Gasteiger partial charge in [0.15, 0.2) is 17.3 Å². The largest absolute Gasteiger partial charge is 0.493 e. The van der Waals surface area contributed by atoms with E-state index in [0.29, 0.717) is 29.6 Å². The molecular formula is C24H21F3N4O3. The summed E-state index contributed by atoms with van der Waals surface area (Å²) >= 11 is 0. The van der Waals surface area contributed by atoms with Crippen molar-refractivity contribution >= 4 is 11.7 Å². The first-order valence-corrected chi connectivity index (χ1v) is 10.6. The molecule has 0 saturated carbocycles. The van der Waals surface area contributed by atoms with Gasteiger partial charge in [0, 0.05) is 17.7 Å². The molecule has 2 aromatic carbocycles. The molecule has 0 spiro atoms. The number of allylic oxidation sites excluding steroid dienone is 2. The first-order valence-electron chi connectivity index (χ1n) is 10.6. The van der Waals surface area contributed by atoms with Crippen molar-refractivity contribution in [1.82, 2.24) is 14.8 Å². The molecule has 1 aliphatic heterocycles. The molecule has 7 nitrogen and oxygen atoms in total. The lowest BCUT2D eigenvalue weighted by atomic mass is 9.77. The van der Waals surface area contributed by atoms with Gasteiger partial charge in [-0.2, -0.15) is 23.3 Å². The molecule has 2 unspecified atom stereocenters. The highest BCUT2D eigenvalue weighted by Gasteiger charge is 2.43. The van der Waals surface area contributed by atoms with Gasteiger partial charge in [-0.1, -0.05) is 24.3 Å². The third-order valence-electron chi connectivity index (χ3n) is 6.30. The smallest absolute Gasteiger partial charge is 0.416 e. The molecule has 1 N–H and O–H groups in total. The van der Waals surface area contributed by atoms with Gasteiger partial charge in [-0.15, -0.1) is 0 Å². The summed E-state index contributed by atoms with van der Waals surface area (Å²) in [5.74, 6) is 0.978. The van der Waals surface area contributed by atoms with E-state index >= 15 is 0 Å².